The van der Waals surface area contributed by atoms with E-state index in [1.165, 1.54) is 29.1 Å². The van der Waals surface area contributed by atoms with Crippen LogP contribution < -0.4 is 0 Å². The molecule has 0 N–H and O–H groups in total. The smallest absolute Gasteiger partial charge is 0.299 e. The third-order valence-electron chi connectivity index (χ3n) is 3.39. The number of aldehydes is 1. The largest absolute Gasteiger partial charge is 0.418 e. The molecule has 0 saturated carbocycles. The standard InChI is InChI=1S/C17H11F3N2O/c18-17(19,20)14-10-12(11-23)6-7-15(14)22-9-8-21-16(22)13-4-2-1-3-5-13/h1-11H. The average molecular weight is 316 g/mol. The first-order valence-electron chi connectivity index (χ1n) is 6.76. The third kappa shape index (κ3) is 2.88. The fourth-order valence-electron chi connectivity index (χ4n) is 2.36. The molecule has 0 spiro atoms. The van der Waals surface area contributed by atoms with E-state index in [9.17, 15) is 18.0 Å². The molecule has 23 heavy (non-hydrogen) atoms. The van der Waals surface area contributed by atoms with Crippen LogP contribution in [0.5, 0.6) is 0 Å². The molecular weight excluding hydrogens is 305 g/mol. The summed E-state index contributed by atoms with van der Waals surface area (Å²) in [4.78, 5) is 14.9. The molecular formula is C17H11F3N2O. The first-order valence-corrected chi connectivity index (χ1v) is 6.76. The van der Waals surface area contributed by atoms with Crippen LogP contribution in [0.1, 0.15) is 15.9 Å². The highest BCUT2D eigenvalue weighted by molar-refractivity contribution is 5.76. The maximum atomic E-state index is 13.3. The fraction of sp³-hybridized carbons (Fsp3) is 0.0588. The number of hydrogen-bond acceptors (Lipinski definition) is 2. The zero-order valence-corrected chi connectivity index (χ0v) is 11.8. The van der Waals surface area contributed by atoms with Crippen LogP contribution in [0.2, 0.25) is 0 Å². The number of halogens is 3. The van der Waals surface area contributed by atoms with Crippen molar-refractivity contribution >= 4 is 6.29 Å². The predicted octanol–water partition coefficient (Wildman–Crippen LogP) is 4.37. The number of hydrogen-bond donors (Lipinski definition) is 0. The van der Waals surface area contributed by atoms with E-state index < -0.39 is 11.7 Å². The zero-order chi connectivity index (χ0) is 16.4. The number of benzene rings is 2. The molecule has 2 aromatic carbocycles. The number of carbonyl (C=O) groups excluding carboxylic acids is 1. The highest BCUT2D eigenvalue weighted by Crippen LogP contribution is 2.35. The van der Waals surface area contributed by atoms with E-state index in [1.807, 2.05) is 6.07 Å². The lowest BCUT2D eigenvalue weighted by Crippen LogP contribution is -2.12. The van der Waals surface area contributed by atoms with Crippen LogP contribution in [0.4, 0.5) is 13.2 Å². The first kappa shape index (κ1) is 15.0. The number of nitrogens with zero attached hydrogens (tertiary/aromatic N) is 2. The van der Waals surface area contributed by atoms with Crippen molar-refractivity contribution < 1.29 is 18.0 Å². The molecule has 1 aromatic heterocycles. The van der Waals surface area contributed by atoms with Crippen molar-refractivity contribution in [1.82, 2.24) is 9.55 Å². The summed E-state index contributed by atoms with van der Waals surface area (Å²) in [5, 5.41) is 0. The molecule has 0 amide bonds. The van der Waals surface area contributed by atoms with Gasteiger partial charge in [-0.1, -0.05) is 30.3 Å². The molecule has 0 aliphatic rings. The summed E-state index contributed by atoms with van der Waals surface area (Å²) in [6.45, 7) is 0. The number of imidazole rings is 1. The van der Waals surface area contributed by atoms with E-state index in [-0.39, 0.29) is 11.3 Å². The molecule has 0 saturated heterocycles. The van der Waals surface area contributed by atoms with E-state index in [0.717, 1.165) is 6.07 Å². The minimum absolute atomic E-state index is 0.0255. The monoisotopic (exact) mass is 316 g/mol. The molecule has 6 heteroatoms. The number of alkyl halides is 3. The lowest BCUT2D eigenvalue weighted by Gasteiger charge is -2.16. The minimum atomic E-state index is -4.58. The third-order valence-corrected chi connectivity index (χ3v) is 3.39. The van der Waals surface area contributed by atoms with Gasteiger partial charge in [0.15, 0.2) is 0 Å². The Morgan fingerprint density at radius 1 is 1.04 bits per heavy atom. The van der Waals surface area contributed by atoms with Crippen LogP contribution >= 0.6 is 0 Å². The summed E-state index contributed by atoms with van der Waals surface area (Å²) in [5.41, 5.74) is -0.274. The predicted molar refractivity (Wildman–Crippen MR) is 79.4 cm³/mol. The summed E-state index contributed by atoms with van der Waals surface area (Å²) in [6, 6.07) is 12.4. The summed E-state index contributed by atoms with van der Waals surface area (Å²) in [7, 11) is 0. The molecule has 0 atom stereocenters. The van der Waals surface area contributed by atoms with Gasteiger partial charge in [-0.25, -0.2) is 4.98 Å². The van der Waals surface area contributed by atoms with Gasteiger partial charge >= 0.3 is 6.18 Å². The van der Waals surface area contributed by atoms with Crippen LogP contribution in [0.3, 0.4) is 0 Å². The Balaban J connectivity index is 2.21. The van der Waals surface area contributed by atoms with Crippen LogP contribution in [0.25, 0.3) is 17.1 Å². The average Bonchev–Trinajstić information content (AvgIpc) is 3.03. The molecule has 1 heterocycles. The molecule has 0 radical (unpaired) electrons. The Hall–Kier alpha value is -2.89. The summed E-state index contributed by atoms with van der Waals surface area (Å²) in [6.07, 6.45) is -1.28. The molecule has 0 aliphatic carbocycles. The highest BCUT2D eigenvalue weighted by atomic mass is 19.4. The minimum Gasteiger partial charge on any atom is -0.299 e. The fourth-order valence-corrected chi connectivity index (χ4v) is 2.36. The van der Waals surface area contributed by atoms with Crippen molar-refractivity contribution in [1.29, 1.82) is 0 Å². The molecule has 3 aromatic rings. The van der Waals surface area contributed by atoms with Gasteiger partial charge in [0.25, 0.3) is 0 Å². The Morgan fingerprint density at radius 2 is 1.78 bits per heavy atom. The van der Waals surface area contributed by atoms with Crippen LogP contribution in [-0.2, 0) is 6.18 Å². The number of carbonyl (C=O) groups is 1. The highest BCUT2D eigenvalue weighted by Gasteiger charge is 2.34. The van der Waals surface area contributed by atoms with Crippen molar-refractivity contribution in [3.63, 3.8) is 0 Å². The van der Waals surface area contributed by atoms with Gasteiger partial charge in [0.1, 0.15) is 12.1 Å². The van der Waals surface area contributed by atoms with Crippen molar-refractivity contribution in [2.24, 2.45) is 0 Å². The maximum absolute atomic E-state index is 13.3. The van der Waals surface area contributed by atoms with Gasteiger partial charge in [0, 0.05) is 23.5 Å². The molecule has 3 nitrogen and oxygen atoms in total. The van der Waals surface area contributed by atoms with Crippen LogP contribution in [-0.4, -0.2) is 15.8 Å². The van der Waals surface area contributed by atoms with Gasteiger partial charge in [-0.15, -0.1) is 0 Å². The Bertz CT molecular complexity index is 839. The van der Waals surface area contributed by atoms with Crippen LogP contribution in [0, 0.1) is 0 Å². The summed E-state index contributed by atoms with van der Waals surface area (Å²) >= 11 is 0. The first-order chi connectivity index (χ1) is 11.0. The Labute approximate surface area is 130 Å². The second-order valence-electron chi connectivity index (χ2n) is 4.88. The van der Waals surface area contributed by atoms with Crippen molar-refractivity contribution in [3.8, 4) is 17.1 Å². The molecule has 116 valence electrons. The molecule has 3 rings (SSSR count). The van der Waals surface area contributed by atoms with Crippen molar-refractivity contribution in [2.75, 3.05) is 0 Å². The van der Waals surface area contributed by atoms with E-state index >= 15 is 0 Å². The van der Waals surface area contributed by atoms with Crippen molar-refractivity contribution in [2.45, 2.75) is 6.18 Å². The topological polar surface area (TPSA) is 34.9 Å². The van der Waals surface area contributed by atoms with Gasteiger partial charge in [-0.3, -0.25) is 9.36 Å². The zero-order valence-electron chi connectivity index (χ0n) is 11.8. The van der Waals surface area contributed by atoms with Gasteiger partial charge in [-0.2, -0.15) is 13.2 Å². The molecule has 0 aliphatic heterocycles. The molecule has 0 bridgehead atoms. The van der Waals surface area contributed by atoms with E-state index in [1.54, 1.807) is 24.3 Å². The van der Waals surface area contributed by atoms with Gasteiger partial charge in [0.2, 0.25) is 0 Å². The van der Waals surface area contributed by atoms with Crippen LogP contribution in [0.15, 0.2) is 60.9 Å². The lowest BCUT2D eigenvalue weighted by atomic mass is 10.1. The number of rotatable bonds is 3. The summed E-state index contributed by atoms with van der Waals surface area (Å²) in [5.74, 6) is 0.398. The summed E-state index contributed by atoms with van der Waals surface area (Å²) < 4.78 is 41.4. The Morgan fingerprint density at radius 3 is 2.43 bits per heavy atom. The quantitative estimate of drug-likeness (QED) is 0.673. The SMILES string of the molecule is O=Cc1ccc(-n2ccnc2-c2ccccc2)c(C(F)(F)F)c1. The normalized spacial score (nSPS) is 11.4. The maximum Gasteiger partial charge on any atom is 0.418 e. The van der Waals surface area contributed by atoms with Gasteiger partial charge < -0.3 is 0 Å². The van der Waals surface area contributed by atoms with E-state index in [0.29, 0.717) is 17.7 Å². The number of aromatic nitrogens is 2. The van der Waals surface area contributed by atoms with E-state index in [4.69, 9.17) is 0 Å². The van der Waals surface area contributed by atoms with Gasteiger partial charge in [0.05, 0.1) is 11.3 Å². The molecule has 0 fully saturated rings. The van der Waals surface area contributed by atoms with E-state index in [2.05, 4.69) is 4.98 Å². The second kappa shape index (κ2) is 5.72. The molecule has 0 unspecified atom stereocenters. The lowest BCUT2D eigenvalue weighted by molar-refractivity contribution is -0.137. The second-order valence-corrected chi connectivity index (χ2v) is 4.88. The Kier molecular flexibility index (Phi) is 3.73. The van der Waals surface area contributed by atoms with Crippen molar-refractivity contribution in [3.05, 3.63) is 72.1 Å². The van der Waals surface area contributed by atoms with Gasteiger partial charge in [-0.05, 0) is 18.2 Å².